The Morgan fingerprint density at radius 2 is 2.00 bits per heavy atom. The monoisotopic (exact) mass is 258 g/mol. The van der Waals surface area contributed by atoms with Crippen LogP contribution in [0.1, 0.15) is 28.3 Å². The van der Waals surface area contributed by atoms with Crippen LogP contribution in [0.15, 0.2) is 36.5 Å². The van der Waals surface area contributed by atoms with Crippen molar-refractivity contribution in [2.24, 2.45) is 5.73 Å². The molecular weight excluding hydrogens is 239 g/mol. The average molecular weight is 258 g/mol. The highest BCUT2D eigenvalue weighted by Crippen LogP contribution is 2.24. The van der Waals surface area contributed by atoms with Crippen molar-refractivity contribution in [1.82, 2.24) is 4.98 Å². The molecule has 0 spiro atoms. The standard InChI is InChI=1S/C16H19FN2/c1-11-4-3-7-19-16(11)9-13(10-18)15-6-5-14(17)8-12(15)2/h3-8,13H,9-10,18H2,1-2H3/t13-/m0/s1. The number of aromatic nitrogens is 1. The van der Waals surface area contributed by atoms with Crippen LogP contribution in [0.2, 0.25) is 0 Å². The first-order valence-electron chi connectivity index (χ1n) is 6.48. The van der Waals surface area contributed by atoms with Gasteiger partial charge in [0.2, 0.25) is 0 Å². The average Bonchev–Trinajstić information content (AvgIpc) is 2.39. The molecular formula is C16H19FN2. The van der Waals surface area contributed by atoms with Gasteiger partial charge in [-0.05, 0) is 61.7 Å². The molecule has 0 unspecified atom stereocenters. The molecule has 2 N–H and O–H groups in total. The normalized spacial score (nSPS) is 12.4. The summed E-state index contributed by atoms with van der Waals surface area (Å²) in [5, 5.41) is 0. The van der Waals surface area contributed by atoms with Crippen LogP contribution in [0.4, 0.5) is 4.39 Å². The van der Waals surface area contributed by atoms with Crippen LogP contribution in [0.5, 0.6) is 0 Å². The molecule has 0 aliphatic heterocycles. The van der Waals surface area contributed by atoms with E-state index >= 15 is 0 Å². The molecule has 0 bridgehead atoms. The van der Waals surface area contributed by atoms with E-state index in [9.17, 15) is 4.39 Å². The smallest absolute Gasteiger partial charge is 0.123 e. The summed E-state index contributed by atoms with van der Waals surface area (Å²) in [5.41, 5.74) is 10.2. The van der Waals surface area contributed by atoms with Crippen molar-refractivity contribution < 1.29 is 4.39 Å². The van der Waals surface area contributed by atoms with Crippen LogP contribution in [-0.4, -0.2) is 11.5 Å². The third kappa shape index (κ3) is 3.18. The van der Waals surface area contributed by atoms with Crippen molar-refractivity contribution >= 4 is 0 Å². The third-order valence-electron chi connectivity index (χ3n) is 3.51. The van der Waals surface area contributed by atoms with Gasteiger partial charge in [-0.2, -0.15) is 0 Å². The van der Waals surface area contributed by atoms with E-state index in [0.717, 1.165) is 23.2 Å². The molecule has 1 heterocycles. The van der Waals surface area contributed by atoms with Crippen molar-refractivity contribution in [3.8, 4) is 0 Å². The topological polar surface area (TPSA) is 38.9 Å². The van der Waals surface area contributed by atoms with Crippen LogP contribution in [0.25, 0.3) is 0 Å². The van der Waals surface area contributed by atoms with Gasteiger partial charge in [0.05, 0.1) is 0 Å². The maximum Gasteiger partial charge on any atom is 0.123 e. The minimum Gasteiger partial charge on any atom is -0.330 e. The number of hydrogen-bond acceptors (Lipinski definition) is 2. The van der Waals surface area contributed by atoms with Gasteiger partial charge in [0.1, 0.15) is 5.82 Å². The molecule has 0 fully saturated rings. The molecule has 2 rings (SSSR count). The van der Waals surface area contributed by atoms with E-state index in [1.807, 2.05) is 32.0 Å². The zero-order chi connectivity index (χ0) is 13.8. The molecule has 100 valence electrons. The van der Waals surface area contributed by atoms with Gasteiger partial charge in [0.25, 0.3) is 0 Å². The molecule has 0 aliphatic carbocycles. The van der Waals surface area contributed by atoms with E-state index in [1.165, 1.54) is 11.6 Å². The number of rotatable bonds is 4. The Hall–Kier alpha value is -1.74. The number of halogens is 1. The highest BCUT2D eigenvalue weighted by Gasteiger charge is 2.15. The van der Waals surface area contributed by atoms with Crippen molar-refractivity contribution in [3.05, 3.63) is 64.7 Å². The number of pyridine rings is 1. The number of benzene rings is 1. The second kappa shape index (κ2) is 5.93. The predicted octanol–water partition coefficient (Wildman–Crippen LogP) is 3.12. The summed E-state index contributed by atoms with van der Waals surface area (Å²) < 4.78 is 13.2. The Kier molecular flexibility index (Phi) is 4.27. The number of nitrogens with two attached hydrogens (primary N) is 1. The van der Waals surface area contributed by atoms with Gasteiger partial charge in [-0.3, -0.25) is 4.98 Å². The lowest BCUT2D eigenvalue weighted by molar-refractivity contribution is 0.620. The van der Waals surface area contributed by atoms with Crippen LogP contribution < -0.4 is 5.73 Å². The molecule has 2 nitrogen and oxygen atoms in total. The Morgan fingerprint density at radius 3 is 2.63 bits per heavy atom. The molecule has 0 amide bonds. The van der Waals surface area contributed by atoms with Crippen LogP contribution >= 0.6 is 0 Å². The molecule has 0 saturated heterocycles. The van der Waals surface area contributed by atoms with E-state index in [0.29, 0.717) is 6.54 Å². The summed E-state index contributed by atoms with van der Waals surface area (Å²) in [6, 6.07) is 8.87. The Balaban J connectivity index is 2.28. The van der Waals surface area contributed by atoms with Gasteiger partial charge in [0, 0.05) is 17.8 Å². The fourth-order valence-corrected chi connectivity index (χ4v) is 2.38. The minimum absolute atomic E-state index is 0.175. The Labute approximate surface area is 113 Å². The van der Waals surface area contributed by atoms with Gasteiger partial charge in [-0.15, -0.1) is 0 Å². The SMILES string of the molecule is Cc1cc(F)ccc1[C@H](CN)Cc1ncccc1C. The van der Waals surface area contributed by atoms with Crippen LogP contribution in [0.3, 0.4) is 0 Å². The highest BCUT2D eigenvalue weighted by molar-refractivity contribution is 5.32. The van der Waals surface area contributed by atoms with Crippen LogP contribution in [-0.2, 0) is 6.42 Å². The molecule has 0 saturated carbocycles. The van der Waals surface area contributed by atoms with Crippen molar-refractivity contribution in [3.63, 3.8) is 0 Å². The Bertz CT molecular complexity index is 566. The molecule has 3 heteroatoms. The summed E-state index contributed by atoms with van der Waals surface area (Å²) in [6.45, 7) is 4.50. The van der Waals surface area contributed by atoms with E-state index in [1.54, 1.807) is 12.3 Å². The fourth-order valence-electron chi connectivity index (χ4n) is 2.38. The number of aryl methyl sites for hydroxylation is 2. The van der Waals surface area contributed by atoms with Crippen molar-refractivity contribution in [2.45, 2.75) is 26.2 Å². The lowest BCUT2D eigenvalue weighted by atomic mass is 9.90. The van der Waals surface area contributed by atoms with E-state index in [2.05, 4.69) is 4.98 Å². The van der Waals surface area contributed by atoms with E-state index in [-0.39, 0.29) is 11.7 Å². The van der Waals surface area contributed by atoms with Crippen LogP contribution in [0, 0.1) is 19.7 Å². The summed E-state index contributed by atoms with van der Waals surface area (Å²) in [6.07, 6.45) is 2.59. The van der Waals surface area contributed by atoms with Gasteiger partial charge in [-0.25, -0.2) is 4.39 Å². The van der Waals surface area contributed by atoms with Crippen molar-refractivity contribution in [1.29, 1.82) is 0 Å². The first-order chi connectivity index (χ1) is 9.11. The first kappa shape index (κ1) is 13.7. The Morgan fingerprint density at radius 1 is 1.21 bits per heavy atom. The number of nitrogens with zero attached hydrogens (tertiary/aromatic N) is 1. The van der Waals surface area contributed by atoms with E-state index in [4.69, 9.17) is 5.73 Å². The third-order valence-corrected chi connectivity index (χ3v) is 3.51. The fraction of sp³-hybridized carbons (Fsp3) is 0.312. The lowest BCUT2D eigenvalue weighted by Gasteiger charge is -2.18. The zero-order valence-electron chi connectivity index (χ0n) is 11.4. The molecule has 1 aromatic heterocycles. The summed E-state index contributed by atoms with van der Waals surface area (Å²) in [5.74, 6) is -0.0276. The second-order valence-corrected chi connectivity index (χ2v) is 4.90. The second-order valence-electron chi connectivity index (χ2n) is 4.90. The maximum absolute atomic E-state index is 13.2. The molecule has 19 heavy (non-hydrogen) atoms. The quantitative estimate of drug-likeness (QED) is 0.915. The lowest BCUT2D eigenvalue weighted by Crippen LogP contribution is -2.17. The predicted molar refractivity (Wildman–Crippen MR) is 75.6 cm³/mol. The van der Waals surface area contributed by atoms with Gasteiger partial charge < -0.3 is 5.73 Å². The van der Waals surface area contributed by atoms with Gasteiger partial charge in [-0.1, -0.05) is 12.1 Å². The molecule has 1 atom stereocenters. The first-order valence-corrected chi connectivity index (χ1v) is 6.48. The van der Waals surface area contributed by atoms with Crippen molar-refractivity contribution in [2.75, 3.05) is 6.54 Å². The summed E-state index contributed by atoms with van der Waals surface area (Å²) >= 11 is 0. The summed E-state index contributed by atoms with van der Waals surface area (Å²) in [4.78, 5) is 4.41. The van der Waals surface area contributed by atoms with Gasteiger partial charge in [0.15, 0.2) is 0 Å². The minimum atomic E-state index is -0.203. The van der Waals surface area contributed by atoms with E-state index < -0.39 is 0 Å². The van der Waals surface area contributed by atoms with Gasteiger partial charge >= 0.3 is 0 Å². The highest BCUT2D eigenvalue weighted by atomic mass is 19.1. The largest absolute Gasteiger partial charge is 0.330 e. The summed E-state index contributed by atoms with van der Waals surface area (Å²) in [7, 11) is 0. The molecule has 0 radical (unpaired) electrons. The molecule has 2 aromatic rings. The number of hydrogen-bond donors (Lipinski definition) is 1. The molecule has 0 aliphatic rings. The molecule has 1 aromatic carbocycles. The zero-order valence-corrected chi connectivity index (χ0v) is 11.4. The maximum atomic E-state index is 13.2.